The quantitative estimate of drug-likeness (QED) is 0.837. The monoisotopic (exact) mass is 364 g/mol. The predicted octanol–water partition coefficient (Wildman–Crippen LogP) is 2.90. The number of halogens is 2. The fraction of sp³-hybridized carbons (Fsp3) is 0.444. The van der Waals surface area contributed by atoms with E-state index < -0.39 is 5.82 Å². The van der Waals surface area contributed by atoms with Crippen LogP contribution in [-0.4, -0.2) is 52.7 Å². The molecule has 0 spiro atoms. The summed E-state index contributed by atoms with van der Waals surface area (Å²) in [5.74, 6) is -0.342. The average Bonchev–Trinajstić information content (AvgIpc) is 2.92. The number of benzene rings is 1. The van der Waals surface area contributed by atoms with Crippen molar-refractivity contribution >= 4 is 17.5 Å². The van der Waals surface area contributed by atoms with Crippen LogP contribution in [0.1, 0.15) is 22.5 Å². The zero-order valence-electron chi connectivity index (χ0n) is 14.5. The first kappa shape index (κ1) is 17.9. The van der Waals surface area contributed by atoms with Crippen LogP contribution in [0.15, 0.2) is 30.5 Å². The molecule has 1 aromatic carbocycles. The van der Waals surface area contributed by atoms with E-state index in [9.17, 15) is 9.18 Å². The van der Waals surface area contributed by atoms with Crippen LogP contribution in [0.25, 0.3) is 0 Å². The van der Waals surface area contributed by atoms with E-state index in [0.29, 0.717) is 24.6 Å². The van der Waals surface area contributed by atoms with Gasteiger partial charge in [0.15, 0.2) is 0 Å². The topological polar surface area (TPSA) is 41.4 Å². The largest absolute Gasteiger partial charge is 0.332 e. The van der Waals surface area contributed by atoms with Crippen molar-refractivity contribution in [2.45, 2.75) is 19.5 Å². The number of aromatic nitrogens is 2. The van der Waals surface area contributed by atoms with Gasteiger partial charge in [0.1, 0.15) is 5.82 Å². The van der Waals surface area contributed by atoms with Crippen molar-refractivity contribution in [1.29, 1.82) is 0 Å². The fourth-order valence-corrected chi connectivity index (χ4v) is 3.30. The number of carbonyl (C=O) groups excluding carboxylic acids is 1. The summed E-state index contributed by atoms with van der Waals surface area (Å²) >= 11 is 5.84. The highest BCUT2D eigenvalue weighted by atomic mass is 35.5. The van der Waals surface area contributed by atoms with Gasteiger partial charge in [-0.25, -0.2) is 4.39 Å². The molecular weight excluding hydrogens is 343 g/mol. The summed E-state index contributed by atoms with van der Waals surface area (Å²) in [6, 6.07) is 6.06. The second-order valence-electron chi connectivity index (χ2n) is 6.78. The van der Waals surface area contributed by atoms with Crippen molar-refractivity contribution in [2.24, 2.45) is 5.92 Å². The number of amides is 1. The van der Waals surface area contributed by atoms with Crippen LogP contribution < -0.4 is 0 Å². The molecule has 0 saturated carbocycles. The number of nitrogens with zero attached hydrogens (tertiary/aromatic N) is 4. The summed E-state index contributed by atoms with van der Waals surface area (Å²) in [4.78, 5) is 16.9. The summed E-state index contributed by atoms with van der Waals surface area (Å²) in [5.41, 5.74) is 1.42. The van der Waals surface area contributed by atoms with Crippen molar-refractivity contribution in [1.82, 2.24) is 19.6 Å². The molecule has 0 unspecified atom stereocenters. The minimum absolute atomic E-state index is 0.0325. The van der Waals surface area contributed by atoms with E-state index in [-0.39, 0.29) is 10.9 Å². The van der Waals surface area contributed by atoms with E-state index in [4.69, 9.17) is 11.6 Å². The molecule has 1 aliphatic heterocycles. The predicted molar refractivity (Wildman–Crippen MR) is 95.0 cm³/mol. The number of hydrogen-bond acceptors (Lipinski definition) is 3. The second-order valence-corrected chi connectivity index (χ2v) is 7.18. The Morgan fingerprint density at radius 1 is 1.36 bits per heavy atom. The molecule has 7 heteroatoms. The maximum Gasteiger partial charge on any atom is 0.254 e. The van der Waals surface area contributed by atoms with Crippen molar-refractivity contribution < 1.29 is 9.18 Å². The van der Waals surface area contributed by atoms with Crippen LogP contribution in [0.2, 0.25) is 5.02 Å². The smallest absolute Gasteiger partial charge is 0.254 e. The highest BCUT2D eigenvalue weighted by Crippen LogP contribution is 2.22. The minimum Gasteiger partial charge on any atom is -0.332 e. The lowest BCUT2D eigenvalue weighted by molar-refractivity contribution is 0.0716. The summed E-state index contributed by atoms with van der Waals surface area (Å²) in [7, 11) is 4.08. The first-order valence-electron chi connectivity index (χ1n) is 8.34. The molecule has 0 fully saturated rings. The first-order chi connectivity index (χ1) is 11.9. The Bertz CT molecular complexity index is 761. The van der Waals surface area contributed by atoms with Gasteiger partial charge < -0.3 is 9.80 Å². The molecule has 25 heavy (non-hydrogen) atoms. The Labute approximate surface area is 152 Å². The lowest BCUT2D eigenvalue weighted by atomic mass is 10.0. The van der Waals surface area contributed by atoms with E-state index >= 15 is 0 Å². The van der Waals surface area contributed by atoms with E-state index in [1.807, 2.05) is 29.7 Å². The minimum atomic E-state index is -0.518. The van der Waals surface area contributed by atoms with Crippen molar-refractivity contribution in [3.63, 3.8) is 0 Å². The van der Waals surface area contributed by atoms with Crippen molar-refractivity contribution in [2.75, 3.05) is 27.2 Å². The second kappa shape index (κ2) is 7.54. The van der Waals surface area contributed by atoms with Gasteiger partial charge in [0.05, 0.1) is 17.3 Å². The summed E-state index contributed by atoms with van der Waals surface area (Å²) in [6.45, 7) is 2.88. The first-order valence-corrected chi connectivity index (χ1v) is 8.71. The molecule has 0 radical (unpaired) electrons. The Kier molecular flexibility index (Phi) is 5.39. The molecule has 1 amide bonds. The highest BCUT2D eigenvalue weighted by Gasteiger charge is 2.26. The van der Waals surface area contributed by atoms with Gasteiger partial charge in [-0.1, -0.05) is 11.6 Å². The van der Waals surface area contributed by atoms with Gasteiger partial charge >= 0.3 is 0 Å². The average molecular weight is 365 g/mol. The van der Waals surface area contributed by atoms with E-state index in [1.54, 1.807) is 6.20 Å². The molecule has 0 N–H and O–H groups in total. The molecule has 5 nitrogen and oxygen atoms in total. The Balaban J connectivity index is 1.83. The molecule has 3 rings (SSSR count). The molecule has 1 atom stereocenters. The molecule has 0 bridgehead atoms. The lowest BCUT2D eigenvalue weighted by Crippen LogP contribution is -2.34. The lowest BCUT2D eigenvalue weighted by Gasteiger charge is -2.25. The molecular formula is C18H22ClFN4O. The maximum absolute atomic E-state index is 13.4. The van der Waals surface area contributed by atoms with Crippen LogP contribution in [0.5, 0.6) is 0 Å². The molecule has 2 aromatic rings. The summed E-state index contributed by atoms with van der Waals surface area (Å²) < 4.78 is 15.4. The van der Waals surface area contributed by atoms with E-state index in [2.05, 4.69) is 10.00 Å². The molecule has 0 aliphatic carbocycles. The van der Waals surface area contributed by atoms with Crippen LogP contribution in [-0.2, 0) is 13.1 Å². The molecule has 1 aromatic heterocycles. The normalized spacial score (nSPS) is 17.5. The van der Waals surface area contributed by atoms with Crippen LogP contribution in [0, 0.1) is 11.7 Å². The highest BCUT2D eigenvalue weighted by molar-refractivity contribution is 6.31. The zero-order chi connectivity index (χ0) is 18.0. The van der Waals surface area contributed by atoms with E-state index in [1.165, 1.54) is 18.2 Å². The molecule has 1 aliphatic rings. The number of carbonyl (C=O) groups is 1. The zero-order valence-corrected chi connectivity index (χ0v) is 15.2. The Hall–Kier alpha value is -1.92. The maximum atomic E-state index is 13.4. The fourth-order valence-electron chi connectivity index (χ4n) is 3.12. The van der Waals surface area contributed by atoms with Gasteiger partial charge in [-0.05, 0) is 57.2 Å². The van der Waals surface area contributed by atoms with Gasteiger partial charge in [0.2, 0.25) is 0 Å². The number of fused-ring (bicyclic) bond motifs is 1. The Morgan fingerprint density at radius 2 is 2.16 bits per heavy atom. The standard InChI is InChI=1S/C18H22ClFN4O/c1-22(2)8-6-13-10-23(12-15-5-7-21-24(15)11-13)18(25)14-3-4-17(20)16(19)9-14/h3-5,7,9,13H,6,8,10-12H2,1-2H3/t13-/m1/s1. The number of rotatable bonds is 4. The van der Waals surface area contributed by atoms with Gasteiger partial charge in [0, 0.05) is 24.8 Å². The third kappa shape index (κ3) is 4.19. The van der Waals surface area contributed by atoms with Gasteiger partial charge in [0.25, 0.3) is 5.91 Å². The van der Waals surface area contributed by atoms with Crippen LogP contribution >= 0.6 is 11.6 Å². The molecule has 0 saturated heterocycles. The van der Waals surface area contributed by atoms with Crippen LogP contribution in [0.4, 0.5) is 4.39 Å². The SMILES string of the molecule is CN(C)CC[C@@H]1CN(C(=O)c2ccc(F)c(Cl)c2)Cc2ccnn2C1. The van der Waals surface area contributed by atoms with Gasteiger partial charge in [-0.3, -0.25) is 9.48 Å². The number of hydrogen-bond donors (Lipinski definition) is 0. The van der Waals surface area contributed by atoms with Gasteiger partial charge in [-0.2, -0.15) is 5.10 Å². The summed E-state index contributed by atoms with van der Waals surface area (Å²) in [5, 5.41) is 4.35. The van der Waals surface area contributed by atoms with Crippen molar-refractivity contribution in [3.8, 4) is 0 Å². The summed E-state index contributed by atoms with van der Waals surface area (Å²) in [6.07, 6.45) is 2.74. The van der Waals surface area contributed by atoms with Crippen LogP contribution in [0.3, 0.4) is 0 Å². The third-order valence-electron chi connectivity index (χ3n) is 4.51. The molecule has 2 heterocycles. The molecule has 134 valence electrons. The Morgan fingerprint density at radius 3 is 2.88 bits per heavy atom. The van der Waals surface area contributed by atoms with Gasteiger partial charge in [-0.15, -0.1) is 0 Å². The van der Waals surface area contributed by atoms with E-state index in [0.717, 1.165) is 25.2 Å². The van der Waals surface area contributed by atoms with Crippen molar-refractivity contribution in [3.05, 3.63) is 52.6 Å². The third-order valence-corrected chi connectivity index (χ3v) is 4.80.